The summed E-state index contributed by atoms with van der Waals surface area (Å²) in [6.45, 7) is 8.50. The molecule has 0 saturated carbocycles. The quantitative estimate of drug-likeness (QED) is 0.459. The summed E-state index contributed by atoms with van der Waals surface area (Å²) < 4.78 is 11.2. The lowest BCUT2D eigenvalue weighted by Crippen LogP contribution is -2.15. The maximum atomic E-state index is 5.93. The van der Waals surface area contributed by atoms with Crippen molar-refractivity contribution in [2.45, 2.75) is 45.6 Å². The van der Waals surface area contributed by atoms with E-state index in [-0.39, 0.29) is 0 Å². The van der Waals surface area contributed by atoms with Crippen LogP contribution in [0.15, 0.2) is 30.9 Å². The summed E-state index contributed by atoms with van der Waals surface area (Å²) in [7, 11) is 1.69. The van der Waals surface area contributed by atoms with E-state index in [0.717, 1.165) is 56.0 Å². The molecule has 0 bridgehead atoms. The van der Waals surface area contributed by atoms with Crippen LogP contribution in [0.2, 0.25) is 0 Å². The van der Waals surface area contributed by atoms with Crippen molar-refractivity contribution in [2.75, 3.05) is 20.3 Å². The molecule has 0 saturated heterocycles. The van der Waals surface area contributed by atoms with E-state index in [9.17, 15) is 0 Å². The summed E-state index contributed by atoms with van der Waals surface area (Å²) in [5.74, 6) is 1.84. The molecule has 0 amide bonds. The molecule has 0 aliphatic heterocycles. The lowest BCUT2D eigenvalue weighted by atomic mass is 10.1. The molecule has 0 aliphatic rings. The lowest BCUT2D eigenvalue weighted by molar-refractivity contribution is 0.301. The fourth-order valence-corrected chi connectivity index (χ4v) is 2.11. The van der Waals surface area contributed by atoms with Crippen LogP contribution in [0.5, 0.6) is 11.5 Å². The van der Waals surface area contributed by atoms with Crippen LogP contribution < -0.4 is 14.8 Å². The molecule has 0 unspecified atom stereocenters. The molecular formula is C18H29NO2. The number of unbranched alkanes of at least 4 members (excludes halogenated alkanes) is 3. The Morgan fingerprint density at radius 3 is 2.81 bits per heavy atom. The number of methoxy groups -OCH3 is 1. The van der Waals surface area contributed by atoms with Gasteiger partial charge in [-0.1, -0.05) is 13.0 Å². The van der Waals surface area contributed by atoms with E-state index in [1.807, 2.05) is 18.2 Å². The van der Waals surface area contributed by atoms with Gasteiger partial charge in [0.25, 0.3) is 0 Å². The number of hydrogen-bond acceptors (Lipinski definition) is 3. The molecule has 3 heteroatoms. The van der Waals surface area contributed by atoms with Crippen molar-refractivity contribution in [1.29, 1.82) is 0 Å². The highest BCUT2D eigenvalue weighted by molar-refractivity contribution is 5.40. The van der Waals surface area contributed by atoms with Gasteiger partial charge in [0.1, 0.15) is 11.5 Å². The van der Waals surface area contributed by atoms with Crippen molar-refractivity contribution < 1.29 is 9.47 Å². The second kappa shape index (κ2) is 11.2. The zero-order chi connectivity index (χ0) is 15.3. The average molecular weight is 291 g/mol. The molecular weight excluding hydrogens is 262 g/mol. The van der Waals surface area contributed by atoms with E-state index in [0.29, 0.717) is 0 Å². The van der Waals surface area contributed by atoms with E-state index < -0.39 is 0 Å². The SMILES string of the molecule is C=CCCCCCOc1ccc(OC)cc1CNCCC. The van der Waals surface area contributed by atoms with E-state index in [2.05, 4.69) is 24.9 Å². The van der Waals surface area contributed by atoms with Crippen LogP contribution in [0.25, 0.3) is 0 Å². The van der Waals surface area contributed by atoms with Gasteiger partial charge in [-0.05, 0) is 56.8 Å². The normalized spacial score (nSPS) is 10.4. The molecule has 0 spiro atoms. The van der Waals surface area contributed by atoms with Crippen LogP contribution in [-0.4, -0.2) is 20.3 Å². The number of ether oxygens (including phenoxy) is 2. The zero-order valence-electron chi connectivity index (χ0n) is 13.5. The van der Waals surface area contributed by atoms with Crippen molar-refractivity contribution in [3.05, 3.63) is 36.4 Å². The number of rotatable bonds is 12. The number of allylic oxidation sites excluding steroid dienone is 1. The molecule has 21 heavy (non-hydrogen) atoms. The van der Waals surface area contributed by atoms with Gasteiger partial charge in [0.2, 0.25) is 0 Å². The molecule has 3 nitrogen and oxygen atoms in total. The third kappa shape index (κ3) is 7.19. The monoisotopic (exact) mass is 291 g/mol. The van der Waals surface area contributed by atoms with E-state index in [1.165, 1.54) is 12.8 Å². The van der Waals surface area contributed by atoms with Crippen molar-refractivity contribution >= 4 is 0 Å². The third-order valence-electron chi connectivity index (χ3n) is 3.32. The third-order valence-corrected chi connectivity index (χ3v) is 3.32. The minimum atomic E-state index is 0.768. The Morgan fingerprint density at radius 1 is 1.24 bits per heavy atom. The minimum Gasteiger partial charge on any atom is -0.497 e. The predicted octanol–water partition coefficient (Wildman–Crippen LogP) is 4.32. The van der Waals surface area contributed by atoms with Gasteiger partial charge in [-0.15, -0.1) is 6.58 Å². The van der Waals surface area contributed by atoms with Crippen molar-refractivity contribution in [1.82, 2.24) is 5.32 Å². The average Bonchev–Trinajstić information content (AvgIpc) is 2.52. The molecule has 0 fully saturated rings. The highest BCUT2D eigenvalue weighted by Crippen LogP contribution is 2.24. The summed E-state index contributed by atoms with van der Waals surface area (Å²) in [6, 6.07) is 6.01. The van der Waals surface area contributed by atoms with Crippen LogP contribution in [0.1, 0.15) is 44.6 Å². The zero-order valence-corrected chi connectivity index (χ0v) is 13.5. The van der Waals surface area contributed by atoms with Crippen molar-refractivity contribution in [3.8, 4) is 11.5 Å². The molecule has 0 aliphatic carbocycles. The highest BCUT2D eigenvalue weighted by Gasteiger charge is 2.05. The Hall–Kier alpha value is -1.48. The minimum absolute atomic E-state index is 0.768. The standard InChI is InChI=1S/C18H29NO2/c1-4-6-7-8-9-13-21-18-11-10-17(20-3)14-16(18)15-19-12-5-2/h4,10-11,14,19H,1,5-9,12-13,15H2,2-3H3. The smallest absolute Gasteiger partial charge is 0.124 e. The molecule has 1 N–H and O–H groups in total. The maximum absolute atomic E-state index is 5.93. The summed E-state index contributed by atoms with van der Waals surface area (Å²) in [4.78, 5) is 0. The summed E-state index contributed by atoms with van der Waals surface area (Å²) in [6.07, 6.45) is 7.66. The molecule has 0 heterocycles. The number of hydrogen-bond donors (Lipinski definition) is 1. The Morgan fingerprint density at radius 2 is 2.10 bits per heavy atom. The highest BCUT2D eigenvalue weighted by atomic mass is 16.5. The van der Waals surface area contributed by atoms with Gasteiger partial charge < -0.3 is 14.8 Å². The maximum Gasteiger partial charge on any atom is 0.124 e. The van der Waals surface area contributed by atoms with Crippen LogP contribution in [0.4, 0.5) is 0 Å². The first-order valence-electron chi connectivity index (χ1n) is 7.93. The summed E-state index contributed by atoms with van der Waals surface area (Å²) >= 11 is 0. The Labute approximate surface area is 129 Å². The van der Waals surface area contributed by atoms with Gasteiger partial charge in [-0.25, -0.2) is 0 Å². The lowest BCUT2D eigenvalue weighted by Gasteiger charge is -2.13. The molecule has 0 aromatic heterocycles. The molecule has 0 radical (unpaired) electrons. The first kappa shape index (κ1) is 17.6. The molecule has 118 valence electrons. The Balaban J connectivity index is 2.48. The van der Waals surface area contributed by atoms with Crippen LogP contribution in [-0.2, 0) is 6.54 Å². The number of benzene rings is 1. The van der Waals surface area contributed by atoms with Gasteiger partial charge in [0.05, 0.1) is 13.7 Å². The predicted molar refractivity (Wildman–Crippen MR) is 89.2 cm³/mol. The Kier molecular flexibility index (Phi) is 9.38. The van der Waals surface area contributed by atoms with Crippen molar-refractivity contribution in [3.63, 3.8) is 0 Å². The van der Waals surface area contributed by atoms with Crippen molar-refractivity contribution in [2.24, 2.45) is 0 Å². The van der Waals surface area contributed by atoms with Crippen LogP contribution in [0, 0.1) is 0 Å². The largest absolute Gasteiger partial charge is 0.497 e. The molecule has 0 atom stereocenters. The van der Waals surface area contributed by atoms with Gasteiger partial charge in [0.15, 0.2) is 0 Å². The fourth-order valence-electron chi connectivity index (χ4n) is 2.11. The van der Waals surface area contributed by atoms with E-state index in [1.54, 1.807) is 7.11 Å². The second-order valence-electron chi connectivity index (χ2n) is 5.14. The first-order chi connectivity index (χ1) is 10.3. The molecule has 1 rings (SSSR count). The second-order valence-corrected chi connectivity index (χ2v) is 5.14. The van der Waals surface area contributed by atoms with Gasteiger partial charge in [0, 0.05) is 12.1 Å². The van der Waals surface area contributed by atoms with Gasteiger partial charge in [-0.2, -0.15) is 0 Å². The molecule has 1 aromatic carbocycles. The molecule has 1 aromatic rings. The summed E-state index contributed by atoms with van der Waals surface area (Å²) in [5, 5.41) is 3.41. The Bertz CT molecular complexity index is 404. The van der Waals surface area contributed by atoms with Crippen LogP contribution in [0.3, 0.4) is 0 Å². The fraction of sp³-hybridized carbons (Fsp3) is 0.556. The number of nitrogens with one attached hydrogen (secondary N) is 1. The van der Waals surface area contributed by atoms with Gasteiger partial charge in [-0.3, -0.25) is 0 Å². The van der Waals surface area contributed by atoms with E-state index >= 15 is 0 Å². The summed E-state index contributed by atoms with van der Waals surface area (Å²) in [5.41, 5.74) is 1.16. The first-order valence-corrected chi connectivity index (χ1v) is 7.93. The van der Waals surface area contributed by atoms with E-state index in [4.69, 9.17) is 9.47 Å². The van der Waals surface area contributed by atoms with Gasteiger partial charge >= 0.3 is 0 Å². The topological polar surface area (TPSA) is 30.5 Å². The van der Waals surface area contributed by atoms with Crippen LogP contribution >= 0.6 is 0 Å².